The highest BCUT2D eigenvalue weighted by atomic mass is 16.2. The summed E-state index contributed by atoms with van der Waals surface area (Å²) in [6, 6.07) is 0. The summed E-state index contributed by atoms with van der Waals surface area (Å²) in [6.45, 7) is 2.05. The number of rotatable bonds is 2. The maximum atomic E-state index is 12.0. The molecule has 1 aliphatic heterocycles. The van der Waals surface area contributed by atoms with Crippen molar-refractivity contribution in [2.24, 2.45) is 17.8 Å². The van der Waals surface area contributed by atoms with Crippen LogP contribution in [0.1, 0.15) is 44.9 Å². The van der Waals surface area contributed by atoms with Gasteiger partial charge in [-0.15, -0.1) is 0 Å². The number of likely N-dealkylation sites (tertiary alicyclic amines) is 1. The molecule has 3 fully saturated rings. The van der Waals surface area contributed by atoms with Crippen LogP contribution in [0.4, 0.5) is 0 Å². The van der Waals surface area contributed by atoms with Crippen molar-refractivity contribution in [2.45, 2.75) is 44.9 Å². The van der Waals surface area contributed by atoms with Gasteiger partial charge in [0.2, 0.25) is 5.91 Å². The zero-order chi connectivity index (χ0) is 10.3. The van der Waals surface area contributed by atoms with Crippen molar-refractivity contribution in [1.82, 2.24) is 4.90 Å². The molecule has 2 heteroatoms. The molecule has 3 atom stereocenters. The molecule has 3 aliphatic rings. The Morgan fingerprint density at radius 2 is 1.93 bits per heavy atom. The fourth-order valence-electron chi connectivity index (χ4n) is 3.95. The first-order chi connectivity index (χ1) is 7.33. The van der Waals surface area contributed by atoms with Gasteiger partial charge >= 0.3 is 0 Å². The summed E-state index contributed by atoms with van der Waals surface area (Å²) >= 11 is 0. The van der Waals surface area contributed by atoms with E-state index in [4.69, 9.17) is 0 Å². The molecule has 0 aromatic rings. The second-order valence-electron chi connectivity index (χ2n) is 5.73. The van der Waals surface area contributed by atoms with Crippen LogP contribution >= 0.6 is 0 Å². The van der Waals surface area contributed by atoms with Crippen LogP contribution in [0.5, 0.6) is 0 Å². The second kappa shape index (κ2) is 3.80. The molecule has 0 N–H and O–H groups in total. The van der Waals surface area contributed by atoms with Crippen molar-refractivity contribution in [1.29, 1.82) is 0 Å². The highest BCUT2D eigenvalue weighted by molar-refractivity contribution is 5.76. The Morgan fingerprint density at radius 3 is 2.53 bits per heavy atom. The fourth-order valence-corrected chi connectivity index (χ4v) is 3.95. The van der Waals surface area contributed by atoms with Gasteiger partial charge < -0.3 is 4.90 Å². The number of carbonyl (C=O) groups is 1. The minimum Gasteiger partial charge on any atom is -0.343 e. The molecule has 1 heterocycles. The van der Waals surface area contributed by atoms with Gasteiger partial charge in [0.25, 0.3) is 0 Å². The van der Waals surface area contributed by atoms with Gasteiger partial charge in [-0.05, 0) is 49.9 Å². The van der Waals surface area contributed by atoms with Crippen LogP contribution in [-0.2, 0) is 4.79 Å². The van der Waals surface area contributed by atoms with E-state index in [1.807, 2.05) is 0 Å². The first kappa shape index (κ1) is 9.68. The molecule has 2 saturated carbocycles. The van der Waals surface area contributed by atoms with E-state index in [0.29, 0.717) is 5.91 Å². The van der Waals surface area contributed by atoms with Gasteiger partial charge in [-0.2, -0.15) is 0 Å². The quantitative estimate of drug-likeness (QED) is 0.681. The maximum Gasteiger partial charge on any atom is 0.222 e. The van der Waals surface area contributed by atoms with E-state index in [2.05, 4.69) is 4.90 Å². The Hall–Kier alpha value is -0.530. The molecule has 0 radical (unpaired) electrons. The molecule has 15 heavy (non-hydrogen) atoms. The molecular weight excluding hydrogens is 186 g/mol. The Bertz CT molecular complexity index is 257. The van der Waals surface area contributed by atoms with Crippen molar-refractivity contribution in [3.8, 4) is 0 Å². The van der Waals surface area contributed by atoms with Crippen LogP contribution in [0.3, 0.4) is 0 Å². The van der Waals surface area contributed by atoms with E-state index in [1.54, 1.807) is 0 Å². The first-order valence-corrected chi connectivity index (χ1v) is 6.60. The predicted molar refractivity (Wildman–Crippen MR) is 59.4 cm³/mol. The van der Waals surface area contributed by atoms with Crippen LogP contribution in [0.25, 0.3) is 0 Å². The highest BCUT2D eigenvalue weighted by Crippen LogP contribution is 2.49. The summed E-state index contributed by atoms with van der Waals surface area (Å²) in [5.74, 6) is 3.08. The first-order valence-electron chi connectivity index (χ1n) is 6.60. The van der Waals surface area contributed by atoms with E-state index in [0.717, 1.165) is 37.3 Å². The third-order valence-corrected chi connectivity index (χ3v) is 4.78. The highest BCUT2D eigenvalue weighted by Gasteiger charge is 2.40. The van der Waals surface area contributed by atoms with E-state index in [1.165, 1.54) is 38.5 Å². The lowest BCUT2D eigenvalue weighted by molar-refractivity contribution is -0.131. The summed E-state index contributed by atoms with van der Waals surface area (Å²) in [6.07, 6.45) is 8.94. The molecule has 0 spiro atoms. The lowest BCUT2D eigenvalue weighted by atomic mass is 9.86. The molecule has 84 valence electrons. The van der Waals surface area contributed by atoms with Crippen LogP contribution in [0.2, 0.25) is 0 Å². The summed E-state index contributed by atoms with van der Waals surface area (Å²) in [5, 5.41) is 0. The topological polar surface area (TPSA) is 20.3 Å². The van der Waals surface area contributed by atoms with Gasteiger partial charge in [-0.1, -0.05) is 6.42 Å². The monoisotopic (exact) mass is 207 g/mol. The third-order valence-electron chi connectivity index (χ3n) is 4.78. The average molecular weight is 207 g/mol. The lowest BCUT2D eigenvalue weighted by Gasteiger charge is -2.23. The van der Waals surface area contributed by atoms with Gasteiger partial charge in [0, 0.05) is 19.5 Å². The lowest BCUT2D eigenvalue weighted by Crippen LogP contribution is -2.30. The second-order valence-corrected chi connectivity index (χ2v) is 5.73. The number of hydrogen-bond donors (Lipinski definition) is 0. The smallest absolute Gasteiger partial charge is 0.222 e. The fraction of sp³-hybridized carbons (Fsp3) is 0.923. The maximum absolute atomic E-state index is 12.0. The zero-order valence-corrected chi connectivity index (χ0v) is 9.45. The predicted octanol–water partition coefficient (Wildman–Crippen LogP) is 2.44. The van der Waals surface area contributed by atoms with Crippen molar-refractivity contribution in [2.75, 3.05) is 13.1 Å². The van der Waals surface area contributed by atoms with Gasteiger partial charge in [-0.3, -0.25) is 4.79 Å². The SMILES string of the molecule is O=C(C[C@H]1C[C@@H]2CC[C@@H]1C2)N1CCCC1. The molecule has 1 amide bonds. The molecule has 0 aromatic heterocycles. The van der Waals surface area contributed by atoms with Crippen molar-refractivity contribution >= 4 is 5.91 Å². The largest absolute Gasteiger partial charge is 0.343 e. The number of amides is 1. The number of fused-ring (bicyclic) bond motifs is 2. The molecule has 1 saturated heterocycles. The third kappa shape index (κ3) is 1.79. The molecule has 0 aromatic carbocycles. The number of nitrogens with zero attached hydrogens (tertiary/aromatic N) is 1. The van der Waals surface area contributed by atoms with Crippen LogP contribution in [0, 0.1) is 17.8 Å². The molecule has 2 bridgehead atoms. The molecule has 2 nitrogen and oxygen atoms in total. The van der Waals surface area contributed by atoms with Gasteiger partial charge in [-0.25, -0.2) is 0 Å². The summed E-state index contributed by atoms with van der Waals surface area (Å²) in [7, 11) is 0. The Balaban J connectivity index is 1.54. The molecule has 3 rings (SSSR count). The summed E-state index contributed by atoms with van der Waals surface area (Å²) in [5.41, 5.74) is 0. The van der Waals surface area contributed by atoms with Crippen LogP contribution < -0.4 is 0 Å². The van der Waals surface area contributed by atoms with E-state index in [9.17, 15) is 4.79 Å². The standard InChI is InChI=1S/C13H21NO/c15-13(14-5-1-2-6-14)9-12-8-10-3-4-11(12)7-10/h10-12H,1-9H2/t10-,11-,12-/m1/s1. The number of carbonyl (C=O) groups excluding carboxylic acids is 1. The van der Waals surface area contributed by atoms with E-state index >= 15 is 0 Å². The van der Waals surface area contributed by atoms with E-state index < -0.39 is 0 Å². The Labute approximate surface area is 92.0 Å². The van der Waals surface area contributed by atoms with Gasteiger partial charge in [0.15, 0.2) is 0 Å². The van der Waals surface area contributed by atoms with Gasteiger partial charge in [0.05, 0.1) is 0 Å². The van der Waals surface area contributed by atoms with Crippen molar-refractivity contribution in [3.05, 3.63) is 0 Å². The Kier molecular flexibility index (Phi) is 2.45. The molecule has 2 aliphatic carbocycles. The minimum atomic E-state index is 0.449. The van der Waals surface area contributed by atoms with Crippen LogP contribution in [-0.4, -0.2) is 23.9 Å². The zero-order valence-electron chi connectivity index (χ0n) is 9.45. The average Bonchev–Trinajstić information content (AvgIpc) is 2.95. The van der Waals surface area contributed by atoms with Gasteiger partial charge in [0.1, 0.15) is 0 Å². The summed E-state index contributed by atoms with van der Waals surface area (Å²) < 4.78 is 0. The van der Waals surface area contributed by atoms with Crippen LogP contribution in [0.15, 0.2) is 0 Å². The minimum absolute atomic E-state index is 0.449. The van der Waals surface area contributed by atoms with Crippen molar-refractivity contribution in [3.63, 3.8) is 0 Å². The number of hydrogen-bond acceptors (Lipinski definition) is 1. The van der Waals surface area contributed by atoms with Crippen molar-refractivity contribution < 1.29 is 4.79 Å². The molecular formula is C13H21NO. The summed E-state index contributed by atoms with van der Waals surface area (Å²) in [4.78, 5) is 14.1. The normalized spacial score (nSPS) is 38.9. The van der Waals surface area contributed by atoms with E-state index in [-0.39, 0.29) is 0 Å². The molecule has 0 unspecified atom stereocenters. The Morgan fingerprint density at radius 1 is 1.13 bits per heavy atom.